The number of benzene rings is 1. The van der Waals surface area contributed by atoms with Gasteiger partial charge in [0.05, 0.1) is 39.7 Å². The van der Waals surface area contributed by atoms with Crippen LogP contribution in [0.4, 0.5) is 20.2 Å². The monoisotopic (exact) mass is 777 g/mol. The number of nitrogens with zero attached hydrogens (tertiary/aromatic N) is 9. The van der Waals surface area contributed by atoms with Crippen LogP contribution in [0.1, 0.15) is 85.9 Å². The summed E-state index contributed by atoms with van der Waals surface area (Å²) in [5, 5.41) is 13.8. The SMILES string of the molecule is CN(C[C@H]1CC[C@H](n2cc(NC(=O)c3cnn4cccnc34)c(C(F)F)n2)CC1)C1CCN(c2c(Cl)ccc3c2n(C)c(=O)n3C2CCC(=O)NC2=O)CC1. The minimum Gasteiger partial charge on any atom is -0.368 e. The van der Waals surface area contributed by atoms with Gasteiger partial charge in [-0.05, 0) is 76.1 Å². The van der Waals surface area contributed by atoms with Gasteiger partial charge in [-0.25, -0.2) is 23.1 Å². The first-order valence-electron chi connectivity index (χ1n) is 18.6. The van der Waals surface area contributed by atoms with Crippen LogP contribution in [0.25, 0.3) is 16.7 Å². The van der Waals surface area contributed by atoms with Crippen LogP contribution in [0.15, 0.2) is 47.8 Å². The van der Waals surface area contributed by atoms with Gasteiger partial charge in [-0.3, -0.25) is 33.5 Å². The Hall–Kier alpha value is -5.16. The number of carbonyl (C=O) groups excluding carboxylic acids is 3. The summed E-state index contributed by atoms with van der Waals surface area (Å²) in [7, 11) is 3.84. The molecule has 55 heavy (non-hydrogen) atoms. The highest BCUT2D eigenvalue weighted by Gasteiger charge is 2.34. The van der Waals surface area contributed by atoms with E-state index in [0.717, 1.165) is 63.8 Å². The molecule has 2 saturated heterocycles. The molecule has 8 rings (SSSR count). The molecule has 1 saturated carbocycles. The van der Waals surface area contributed by atoms with Gasteiger partial charge < -0.3 is 15.1 Å². The van der Waals surface area contributed by atoms with Gasteiger partial charge in [-0.15, -0.1) is 0 Å². The number of nitrogens with one attached hydrogen (secondary N) is 2. The van der Waals surface area contributed by atoms with Crippen molar-refractivity contribution in [1.82, 2.24) is 43.7 Å². The maximum absolute atomic E-state index is 14.1. The highest BCUT2D eigenvalue weighted by Crippen LogP contribution is 2.39. The van der Waals surface area contributed by atoms with Crippen LogP contribution in [0.3, 0.4) is 0 Å². The number of aryl methyl sites for hydroxylation is 1. The average molecular weight is 778 g/mol. The lowest BCUT2D eigenvalue weighted by atomic mass is 9.85. The normalized spacial score (nSPS) is 21.3. The minimum absolute atomic E-state index is 0.0184. The number of alkyl halides is 2. The first-order chi connectivity index (χ1) is 26.5. The number of piperidine rings is 2. The van der Waals surface area contributed by atoms with E-state index in [1.165, 1.54) is 27.7 Å². The van der Waals surface area contributed by atoms with Gasteiger partial charge in [0, 0.05) is 57.7 Å². The van der Waals surface area contributed by atoms with E-state index in [-0.39, 0.29) is 41.7 Å². The molecule has 5 aromatic rings. The summed E-state index contributed by atoms with van der Waals surface area (Å²) in [6.45, 7) is 2.38. The Balaban J connectivity index is 0.880. The fraction of sp³-hybridized carbons (Fsp3) is 0.486. The Morgan fingerprint density at radius 2 is 1.85 bits per heavy atom. The Morgan fingerprint density at radius 1 is 1.09 bits per heavy atom. The number of carbonyl (C=O) groups is 3. The third-order valence-corrected chi connectivity index (χ3v) is 11.9. The molecule has 6 heterocycles. The van der Waals surface area contributed by atoms with Crippen molar-refractivity contribution >= 4 is 57.4 Å². The molecule has 0 bridgehead atoms. The van der Waals surface area contributed by atoms with Gasteiger partial charge in [0.15, 0.2) is 11.3 Å². The number of hydrogen-bond donors (Lipinski definition) is 2. The molecule has 290 valence electrons. The third-order valence-electron chi connectivity index (χ3n) is 11.6. The summed E-state index contributed by atoms with van der Waals surface area (Å²) in [6.07, 6.45) is 8.82. The van der Waals surface area contributed by atoms with Crippen LogP contribution in [-0.4, -0.2) is 88.9 Å². The number of amides is 3. The summed E-state index contributed by atoms with van der Waals surface area (Å²) in [6, 6.07) is 4.73. The molecule has 0 radical (unpaired) electrons. The van der Waals surface area contributed by atoms with Crippen LogP contribution < -0.4 is 21.2 Å². The van der Waals surface area contributed by atoms with Crippen LogP contribution in [0.2, 0.25) is 5.02 Å². The zero-order valence-corrected chi connectivity index (χ0v) is 31.3. The number of halogens is 3. The van der Waals surface area contributed by atoms with E-state index in [9.17, 15) is 28.0 Å². The van der Waals surface area contributed by atoms with Crippen molar-refractivity contribution in [3.63, 3.8) is 0 Å². The van der Waals surface area contributed by atoms with Crippen LogP contribution in [0, 0.1) is 5.92 Å². The summed E-state index contributed by atoms with van der Waals surface area (Å²) >= 11 is 6.81. The second-order valence-electron chi connectivity index (χ2n) is 14.9. The van der Waals surface area contributed by atoms with Crippen LogP contribution in [-0.2, 0) is 16.6 Å². The second-order valence-corrected chi connectivity index (χ2v) is 15.3. The summed E-state index contributed by atoms with van der Waals surface area (Å²) in [5.41, 5.74) is 1.75. The van der Waals surface area contributed by atoms with Crippen molar-refractivity contribution < 1.29 is 23.2 Å². The summed E-state index contributed by atoms with van der Waals surface area (Å²) < 4.78 is 34.2. The van der Waals surface area contributed by atoms with Gasteiger partial charge >= 0.3 is 5.69 Å². The lowest BCUT2D eigenvalue weighted by molar-refractivity contribution is -0.135. The summed E-state index contributed by atoms with van der Waals surface area (Å²) in [4.78, 5) is 59.9. The van der Waals surface area contributed by atoms with Gasteiger partial charge in [0.25, 0.3) is 12.3 Å². The quantitative estimate of drug-likeness (QED) is 0.202. The zero-order chi connectivity index (χ0) is 38.5. The fourth-order valence-electron chi connectivity index (χ4n) is 8.67. The van der Waals surface area contributed by atoms with Crippen molar-refractivity contribution in [2.45, 2.75) is 75.9 Å². The topological polar surface area (TPSA) is 157 Å². The highest BCUT2D eigenvalue weighted by molar-refractivity contribution is 6.34. The van der Waals surface area contributed by atoms with Gasteiger partial charge in [0.1, 0.15) is 11.6 Å². The first-order valence-corrected chi connectivity index (χ1v) is 19.0. The van der Waals surface area contributed by atoms with Crippen molar-refractivity contribution in [3.05, 3.63) is 69.8 Å². The van der Waals surface area contributed by atoms with E-state index in [0.29, 0.717) is 33.7 Å². The second kappa shape index (κ2) is 14.8. The van der Waals surface area contributed by atoms with E-state index in [4.69, 9.17) is 11.6 Å². The molecule has 1 unspecified atom stereocenters. The van der Waals surface area contributed by atoms with Gasteiger partial charge in [-0.1, -0.05) is 11.6 Å². The molecule has 0 spiro atoms. The van der Waals surface area contributed by atoms with Gasteiger partial charge in [-0.2, -0.15) is 10.2 Å². The van der Waals surface area contributed by atoms with Crippen molar-refractivity contribution in [3.8, 4) is 0 Å². The molecule has 1 atom stereocenters. The van der Waals surface area contributed by atoms with E-state index >= 15 is 0 Å². The Labute approximate surface area is 319 Å². The Kier molecular flexibility index (Phi) is 9.92. The molecule has 1 aliphatic carbocycles. The fourth-order valence-corrected chi connectivity index (χ4v) is 8.94. The zero-order valence-electron chi connectivity index (χ0n) is 30.5. The van der Waals surface area contributed by atoms with Gasteiger partial charge in [0.2, 0.25) is 11.8 Å². The molecule has 2 N–H and O–H groups in total. The van der Waals surface area contributed by atoms with Crippen LogP contribution in [0.5, 0.6) is 0 Å². The van der Waals surface area contributed by atoms with Crippen molar-refractivity contribution in [2.75, 3.05) is 36.9 Å². The van der Waals surface area contributed by atoms with Crippen molar-refractivity contribution in [2.24, 2.45) is 13.0 Å². The lowest BCUT2D eigenvalue weighted by Gasteiger charge is -2.40. The molecule has 2 aliphatic heterocycles. The first kappa shape index (κ1) is 36.8. The molecular weight excluding hydrogens is 736 g/mol. The molecule has 3 amide bonds. The summed E-state index contributed by atoms with van der Waals surface area (Å²) in [5.74, 6) is -0.953. The third kappa shape index (κ3) is 6.88. The van der Waals surface area contributed by atoms with E-state index in [1.54, 1.807) is 40.7 Å². The molecule has 15 nitrogen and oxygen atoms in total. The smallest absolute Gasteiger partial charge is 0.329 e. The number of rotatable bonds is 9. The molecular formula is C37H42ClF2N11O4. The Morgan fingerprint density at radius 3 is 2.58 bits per heavy atom. The van der Waals surface area contributed by atoms with Crippen LogP contribution >= 0.6 is 11.6 Å². The standard InChI is InChI=1S/C37H42ClF2N11O4/c1-46(22-12-16-48(17-13-22)31-25(38)8-9-27-32(31)47(2)37(55)51(27)28-10-11-29(52)44-36(28)54)19-21-4-6-23(7-5-21)50-20-26(30(45-50)33(39)40)43-35(53)24-18-42-49-15-3-14-41-34(24)49/h3,8-9,14-15,18,20-23,28,33H,4-7,10-13,16-17,19H2,1-2H3,(H,43,53)(H,44,52,54)/t21-,23-,28?. The molecule has 3 fully saturated rings. The van der Waals surface area contributed by atoms with E-state index in [2.05, 4.69) is 42.7 Å². The number of anilines is 2. The Bertz CT molecular complexity index is 2340. The largest absolute Gasteiger partial charge is 0.368 e. The van der Waals surface area contributed by atoms with E-state index < -0.39 is 30.0 Å². The minimum atomic E-state index is -2.86. The number of imide groups is 1. The predicted octanol–water partition coefficient (Wildman–Crippen LogP) is 4.73. The average Bonchev–Trinajstić information content (AvgIpc) is 3.87. The maximum atomic E-state index is 14.1. The number of aromatic nitrogens is 7. The molecule has 18 heteroatoms. The predicted molar refractivity (Wildman–Crippen MR) is 201 cm³/mol. The number of imidazole rings is 1. The highest BCUT2D eigenvalue weighted by atomic mass is 35.5. The number of fused-ring (bicyclic) bond motifs is 2. The number of hydrogen-bond acceptors (Lipinski definition) is 9. The van der Waals surface area contributed by atoms with E-state index in [1.807, 2.05) is 0 Å². The lowest BCUT2D eigenvalue weighted by Crippen LogP contribution is -2.45. The molecule has 3 aliphatic rings. The van der Waals surface area contributed by atoms with Crippen molar-refractivity contribution in [1.29, 1.82) is 0 Å². The molecule has 1 aromatic carbocycles. The maximum Gasteiger partial charge on any atom is 0.329 e. The molecule has 4 aromatic heterocycles.